The molecular weight excluding hydrogens is 264 g/mol. The maximum Gasteiger partial charge on any atom is 0.254 e. The number of nitrogens with one attached hydrogen (secondary N) is 1. The van der Waals surface area contributed by atoms with E-state index < -0.39 is 0 Å². The van der Waals surface area contributed by atoms with Crippen molar-refractivity contribution in [2.75, 3.05) is 19.6 Å². The molecule has 5 heteroatoms. The Hall–Kier alpha value is -1.36. The summed E-state index contributed by atoms with van der Waals surface area (Å²) in [5.41, 5.74) is 0.547. The third-order valence-electron chi connectivity index (χ3n) is 4.13. The van der Waals surface area contributed by atoms with Crippen LogP contribution in [-0.4, -0.2) is 46.3 Å². The molecule has 1 atom stereocenters. The number of aromatic nitrogens is 2. The van der Waals surface area contributed by atoms with E-state index in [1.807, 2.05) is 10.9 Å². The van der Waals surface area contributed by atoms with Crippen LogP contribution in [0.5, 0.6) is 0 Å². The summed E-state index contributed by atoms with van der Waals surface area (Å²) in [6, 6.07) is 0.593. The van der Waals surface area contributed by atoms with Gasteiger partial charge in [0.2, 0.25) is 0 Å². The van der Waals surface area contributed by atoms with Crippen LogP contribution in [0.25, 0.3) is 0 Å². The fourth-order valence-electron chi connectivity index (χ4n) is 2.64. The van der Waals surface area contributed by atoms with E-state index in [-0.39, 0.29) is 11.4 Å². The van der Waals surface area contributed by atoms with E-state index in [1.54, 1.807) is 6.20 Å². The van der Waals surface area contributed by atoms with Crippen molar-refractivity contribution >= 4 is 5.91 Å². The van der Waals surface area contributed by atoms with Crippen LogP contribution < -0.4 is 5.32 Å². The topological polar surface area (TPSA) is 50.2 Å². The summed E-state index contributed by atoms with van der Waals surface area (Å²) >= 11 is 0. The lowest BCUT2D eigenvalue weighted by Crippen LogP contribution is -2.32. The Morgan fingerprint density at radius 3 is 2.71 bits per heavy atom. The third-order valence-corrected chi connectivity index (χ3v) is 4.13. The van der Waals surface area contributed by atoms with Gasteiger partial charge in [-0.05, 0) is 53.5 Å². The first-order chi connectivity index (χ1) is 9.77. The standard InChI is InChI=1S/C16H28N4O/c1-12(2)19-7-6-13(10-19)8-17-15(21)14-9-18-20(11-14)16(3,4)5/h9,11-13H,6-8,10H2,1-5H3,(H,17,21)/t13-/m0/s1. The molecule has 1 saturated heterocycles. The van der Waals surface area contributed by atoms with Gasteiger partial charge in [0.15, 0.2) is 0 Å². The lowest BCUT2D eigenvalue weighted by atomic mass is 10.1. The van der Waals surface area contributed by atoms with Crippen LogP contribution in [0.4, 0.5) is 0 Å². The maximum absolute atomic E-state index is 12.2. The molecule has 1 fully saturated rings. The van der Waals surface area contributed by atoms with E-state index in [4.69, 9.17) is 0 Å². The second-order valence-electron chi connectivity index (χ2n) is 7.30. The average molecular weight is 292 g/mol. The number of hydrogen-bond acceptors (Lipinski definition) is 3. The van der Waals surface area contributed by atoms with Gasteiger partial charge in [-0.3, -0.25) is 9.48 Å². The predicted molar refractivity (Wildman–Crippen MR) is 84.4 cm³/mol. The molecule has 21 heavy (non-hydrogen) atoms. The molecular formula is C16H28N4O. The van der Waals surface area contributed by atoms with Crippen molar-refractivity contribution in [3.05, 3.63) is 18.0 Å². The van der Waals surface area contributed by atoms with Gasteiger partial charge in [-0.15, -0.1) is 0 Å². The van der Waals surface area contributed by atoms with Crippen LogP contribution >= 0.6 is 0 Å². The molecule has 0 spiro atoms. The number of hydrogen-bond donors (Lipinski definition) is 1. The Kier molecular flexibility index (Phi) is 4.71. The van der Waals surface area contributed by atoms with Crippen molar-refractivity contribution in [1.82, 2.24) is 20.0 Å². The van der Waals surface area contributed by atoms with Crippen molar-refractivity contribution in [2.45, 2.75) is 52.6 Å². The van der Waals surface area contributed by atoms with Crippen LogP contribution in [0.15, 0.2) is 12.4 Å². The highest BCUT2D eigenvalue weighted by Gasteiger charge is 2.24. The smallest absolute Gasteiger partial charge is 0.254 e. The first kappa shape index (κ1) is 16.0. The quantitative estimate of drug-likeness (QED) is 0.924. The van der Waals surface area contributed by atoms with Crippen molar-refractivity contribution in [3.8, 4) is 0 Å². The first-order valence-corrected chi connectivity index (χ1v) is 7.85. The van der Waals surface area contributed by atoms with E-state index in [0.717, 1.165) is 19.6 Å². The highest BCUT2D eigenvalue weighted by Crippen LogP contribution is 2.18. The van der Waals surface area contributed by atoms with E-state index in [9.17, 15) is 4.79 Å². The van der Waals surface area contributed by atoms with E-state index in [1.165, 1.54) is 6.42 Å². The molecule has 1 aliphatic heterocycles. The maximum atomic E-state index is 12.2. The minimum absolute atomic E-state index is 0.0199. The third kappa shape index (κ3) is 4.06. The Bertz CT molecular complexity index is 487. The number of carbonyl (C=O) groups is 1. The summed E-state index contributed by atoms with van der Waals surface area (Å²) in [6.07, 6.45) is 4.64. The fraction of sp³-hybridized carbons (Fsp3) is 0.750. The number of rotatable bonds is 4. The minimum Gasteiger partial charge on any atom is -0.352 e. The monoisotopic (exact) mass is 292 g/mol. The largest absolute Gasteiger partial charge is 0.352 e. The van der Waals surface area contributed by atoms with Crippen molar-refractivity contribution in [1.29, 1.82) is 0 Å². The van der Waals surface area contributed by atoms with Crippen molar-refractivity contribution < 1.29 is 4.79 Å². The summed E-state index contributed by atoms with van der Waals surface area (Å²) in [6.45, 7) is 13.6. The first-order valence-electron chi connectivity index (χ1n) is 7.85. The molecule has 1 aromatic heterocycles. The number of nitrogens with zero attached hydrogens (tertiary/aromatic N) is 3. The molecule has 0 radical (unpaired) electrons. The Morgan fingerprint density at radius 2 is 2.19 bits per heavy atom. The Morgan fingerprint density at radius 1 is 1.48 bits per heavy atom. The zero-order chi connectivity index (χ0) is 15.6. The molecule has 5 nitrogen and oxygen atoms in total. The molecule has 1 aliphatic rings. The fourth-order valence-corrected chi connectivity index (χ4v) is 2.64. The SMILES string of the molecule is CC(C)N1CC[C@@H](CNC(=O)c2cnn(C(C)(C)C)c2)C1. The predicted octanol–water partition coefficient (Wildman–Crippen LogP) is 2.10. The summed E-state index contributed by atoms with van der Waals surface area (Å²) in [5.74, 6) is 0.544. The van der Waals surface area contributed by atoms with Gasteiger partial charge in [-0.2, -0.15) is 5.10 Å². The molecule has 2 heterocycles. The molecule has 0 aromatic carbocycles. The zero-order valence-corrected chi connectivity index (χ0v) is 13.9. The Labute approximate surface area is 127 Å². The highest BCUT2D eigenvalue weighted by molar-refractivity contribution is 5.93. The molecule has 0 saturated carbocycles. The van der Waals surface area contributed by atoms with Crippen LogP contribution in [0, 0.1) is 5.92 Å². The minimum atomic E-state index is -0.0955. The summed E-state index contributed by atoms with van der Waals surface area (Å²) in [5, 5.41) is 7.32. The van der Waals surface area contributed by atoms with Gasteiger partial charge in [0.1, 0.15) is 0 Å². The van der Waals surface area contributed by atoms with Gasteiger partial charge in [-0.1, -0.05) is 0 Å². The molecule has 1 amide bonds. The van der Waals surface area contributed by atoms with Crippen LogP contribution in [0.2, 0.25) is 0 Å². The zero-order valence-electron chi connectivity index (χ0n) is 13.9. The normalized spacial score (nSPS) is 20.2. The number of likely N-dealkylation sites (tertiary alicyclic amines) is 1. The molecule has 0 aliphatic carbocycles. The second kappa shape index (κ2) is 6.18. The Balaban J connectivity index is 1.84. The average Bonchev–Trinajstić information content (AvgIpc) is 3.04. The van der Waals surface area contributed by atoms with Crippen molar-refractivity contribution in [2.24, 2.45) is 5.92 Å². The lowest BCUT2D eigenvalue weighted by molar-refractivity contribution is 0.0947. The highest BCUT2D eigenvalue weighted by atomic mass is 16.1. The van der Waals surface area contributed by atoms with E-state index in [0.29, 0.717) is 17.5 Å². The summed E-state index contributed by atoms with van der Waals surface area (Å²) in [4.78, 5) is 14.6. The molecule has 1 N–H and O–H groups in total. The van der Waals surface area contributed by atoms with E-state index >= 15 is 0 Å². The molecule has 2 rings (SSSR count). The summed E-state index contributed by atoms with van der Waals surface area (Å²) < 4.78 is 1.83. The molecule has 118 valence electrons. The van der Waals surface area contributed by atoms with Gasteiger partial charge in [0, 0.05) is 25.3 Å². The van der Waals surface area contributed by atoms with E-state index in [2.05, 4.69) is 49.9 Å². The second-order valence-corrected chi connectivity index (χ2v) is 7.30. The van der Waals surface area contributed by atoms with Gasteiger partial charge >= 0.3 is 0 Å². The summed E-state index contributed by atoms with van der Waals surface area (Å²) in [7, 11) is 0. The van der Waals surface area contributed by atoms with Gasteiger partial charge in [-0.25, -0.2) is 0 Å². The van der Waals surface area contributed by atoms with Gasteiger partial charge in [0.05, 0.1) is 17.3 Å². The van der Waals surface area contributed by atoms with Crippen LogP contribution in [0.1, 0.15) is 51.4 Å². The van der Waals surface area contributed by atoms with Gasteiger partial charge < -0.3 is 10.2 Å². The molecule has 0 unspecified atom stereocenters. The number of carbonyl (C=O) groups excluding carboxylic acids is 1. The number of amides is 1. The molecule has 1 aromatic rings. The van der Waals surface area contributed by atoms with Gasteiger partial charge in [0.25, 0.3) is 5.91 Å². The lowest BCUT2D eigenvalue weighted by Gasteiger charge is -2.20. The molecule has 0 bridgehead atoms. The van der Waals surface area contributed by atoms with Crippen molar-refractivity contribution in [3.63, 3.8) is 0 Å². The van der Waals surface area contributed by atoms with Crippen LogP contribution in [-0.2, 0) is 5.54 Å². The van der Waals surface area contributed by atoms with Crippen LogP contribution in [0.3, 0.4) is 0 Å².